The lowest BCUT2D eigenvalue weighted by Crippen LogP contribution is -2.43. The molecular weight excluding hydrogens is 296 g/mol. The van der Waals surface area contributed by atoms with Crippen molar-refractivity contribution in [2.75, 3.05) is 19.6 Å². The normalized spacial score (nSPS) is 19.8. The Morgan fingerprint density at radius 3 is 2.52 bits per heavy atom. The van der Waals surface area contributed by atoms with Gasteiger partial charge in [-0.05, 0) is 25.7 Å². The molecule has 0 aliphatic carbocycles. The highest BCUT2D eigenvalue weighted by Crippen LogP contribution is 2.20. The fourth-order valence-corrected chi connectivity index (χ4v) is 3.20. The molecule has 0 bridgehead atoms. The molecule has 23 heavy (non-hydrogen) atoms. The zero-order valence-corrected chi connectivity index (χ0v) is 14.6. The van der Waals surface area contributed by atoms with E-state index in [0.29, 0.717) is 19.5 Å². The smallest absolute Gasteiger partial charge is 0.323 e. The van der Waals surface area contributed by atoms with Crippen molar-refractivity contribution in [1.82, 2.24) is 9.80 Å². The molecule has 1 N–H and O–H groups in total. The first-order valence-electron chi connectivity index (χ1n) is 8.64. The van der Waals surface area contributed by atoms with Crippen molar-refractivity contribution in [3.05, 3.63) is 0 Å². The summed E-state index contributed by atoms with van der Waals surface area (Å²) >= 11 is 0. The third kappa shape index (κ3) is 6.20. The first kappa shape index (κ1) is 19.5. The van der Waals surface area contributed by atoms with Crippen LogP contribution in [0.5, 0.6) is 0 Å². The fraction of sp³-hybridized carbons (Fsp3) is 0.824. The summed E-state index contributed by atoms with van der Waals surface area (Å²) in [6, 6.07) is -0.0904. The van der Waals surface area contributed by atoms with E-state index in [0.717, 1.165) is 32.1 Å². The molecule has 2 amide bonds. The van der Waals surface area contributed by atoms with Crippen molar-refractivity contribution in [2.45, 2.75) is 65.3 Å². The van der Waals surface area contributed by atoms with Crippen molar-refractivity contribution in [1.29, 1.82) is 0 Å². The number of carboxylic acids is 1. The Labute approximate surface area is 138 Å². The number of aliphatic carboxylic acids is 1. The largest absolute Gasteiger partial charge is 0.480 e. The van der Waals surface area contributed by atoms with Crippen molar-refractivity contribution >= 4 is 17.8 Å². The van der Waals surface area contributed by atoms with Crippen molar-refractivity contribution < 1.29 is 19.5 Å². The van der Waals surface area contributed by atoms with Gasteiger partial charge in [-0.1, -0.05) is 26.7 Å². The number of rotatable bonds is 7. The van der Waals surface area contributed by atoms with Gasteiger partial charge in [0.1, 0.15) is 6.54 Å². The highest BCUT2D eigenvalue weighted by Gasteiger charge is 2.28. The number of likely N-dealkylation sites (tertiary alicyclic amines) is 1. The molecule has 0 aromatic carbocycles. The molecule has 0 saturated carbocycles. The SMILES string of the molecule is CCCCC(C)C(=O)N1CCCC(N(CC(=O)O)C(C)=O)CC1. The van der Waals surface area contributed by atoms with Crippen LogP contribution in [0.25, 0.3) is 0 Å². The lowest BCUT2D eigenvalue weighted by Gasteiger charge is -2.29. The van der Waals surface area contributed by atoms with Gasteiger partial charge in [0.15, 0.2) is 0 Å². The summed E-state index contributed by atoms with van der Waals surface area (Å²) in [7, 11) is 0. The van der Waals surface area contributed by atoms with Gasteiger partial charge in [-0.2, -0.15) is 0 Å². The molecule has 2 unspecified atom stereocenters. The quantitative estimate of drug-likeness (QED) is 0.777. The molecule has 1 aliphatic rings. The summed E-state index contributed by atoms with van der Waals surface area (Å²) < 4.78 is 0. The average molecular weight is 326 g/mol. The van der Waals surface area contributed by atoms with Gasteiger partial charge in [-0.3, -0.25) is 14.4 Å². The second-order valence-corrected chi connectivity index (χ2v) is 6.49. The maximum Gasteiger partial charge on any atom is 0.323 e. The topological polar surface area (TPSA) is 77.9 Å². The Morgan fingerprint density at radius 2 is 1.96 bits per heavy atom. The number of unbranched alkanes of at least 4 members (excludes halogenated alkanes) is 1. The maximum atomic E-state index is 12.5. The minimum Gasteiger partial charge on any atom is -0.480 e. The van der Waals surface area contributed by atoms with Crippen LogP contribution in [0.3, 0.4) is 0 Å². The van der Waals surface area contributed by atoms with E-state index in [1.165, 1.54) is 11.8 Å². The first-order valence-corrected chi connectivity index (χ1v) is 8.64. The molecule has 1 rings (SSSR count). The van der Waals surface area contributed by atoms with Gasteiger partial charge in [-0.25, -0.2) is 0 Å². The molecule has 1 fully saturated rings. The number of carboxylic acid groups (broad SMARTS) is 1. The van der Waals surface area contributed by atoms with Crippen LogP contribution in [0.2, 0.25) is 0 Å². The molecule has 0 spiro atoms. The number of hydrogen-bond acceptors (Lipinski definition) is 3. The second-order valence-electron chi connectivity index (χ2n) is 6.49. The zero-order valence-electron chi connectivity index (χ0n) is 14.6. The van der Waals surface area contributed by atoms with E-state index >= 15 is 0 Å². The molecular formula is C17H30N2O4. The third-order valence-corrected chi connectivity index (χ3v) is 4.57. The van der Waals surface area contributed by atoms with Crippen LogP contribution < -0.4 is 0 Å². The standard InChI is InChI=1S/C17H30N2O4/c1-4-5-7-13(2)17(23)18-10-6-8-15(9-11-18)19(14(3)20)12-16(21)22/h13,15H,4-12H2,1-3H3,(H,21,22). The van der Waals surface area contributed by atoms with E-state index in [4.69, 9.17) is 5.11 Å². The van der Waals surface area contributed by atoms with Crippen LogP contribution in [0.4, 0.5) is 0 Å². The van der Waals surface area contributed by atoms with Crippen LogP contribution >= 0.6 is 0 Å². The summed E-state index contributed by atoms with van der Waals surface area (Å²) in [5.74, 6) is -0.986. The monoisotopic (exact) mass is 326 g/mol. The Bertz CT molecular complexity index is 425. The van der Waals surface area contributed by atoms with Crippen molar-refractivity contribution in [2.24, 2.45) is 5.92 Å². The molecule has 1 saturated heterocycles. The van der Waals surface area contributed by atoms with E-state index in [2.05, 4.69) is 6.92 Å². The van der Waals surface area contributed by atoms with E-state index < -0.39 is 5.97 Å². The number of hydrogen-bond donors (Lipinski definition) is 1. The lowest BCUT2D eigenvalue weighted by atomic mass is 10.0. The zero-order chi connectivity index (χ0) is 17.4. The number of carbonyl (C=O) groups excluding carboxylic acids is 2. The summed E-state index contributed by atoms with van der Waals surface area (Å²) in [5.41, 5.74) is 0. The van der Waals surface area contributed by atoms with Gasteiger partial charge in [0.25, 0.3) is 0 Å². The Balaban J connectivity index is 2.62. The molecule has 132 valence electrons. The van der Waals surface area contributed by atoms with E-state index in [1.54, 1.807) is 0 Å². The molecule has 6 nitrogen and oxygen atoms in total. The Kier molecular flexibility index (Phi) is 8.06. The first-order chi connectivity index (χ1) is 10.9. The average Bonchev–Trinajstić information content (AvgIpc) is 2.74. The lowest BCUT2D eigenvalue weighted by molar-refractivity contribution is -0.145. The predicted octanol–water partition coefficient (Wildman–Crippen LogP) is 2.13. The summed E-state index contributed by atoms with van der Waals surface area (Å²) in [5, 5.41) is 8.97. The van der Waals surface area contributed by atoms with Gasteiger partial charge in [-0.15, -0.1) is 0 Å². The minimum absolute atomic E-state index is 0.0365. The molecule has 0 aromatic heterocycles. The van der Waals surface area contributed by atoms with Crippen LogP contribution in [0.15, 0.2) is 0 Å². The van der Waals surface area contributed by atoms with Gasteiger partial charge >= 0.3 is 5.97 Å². The fourth-order valence-electron chi connectivity index (χ4n) is 3.20. The van der Waals surface area contributed by atoms with Crippen molar-refractivity contribution in [3.63, 3.8) is 0 Å². The van der Waals surface area contributed by atoms with E-state index in [-0.39, 0.29) is 30.3 Å². The van der Waals surface area contributed by atoms with Gasteiger partial charge in [0, 0.05) is 32.0 Å². The number of nitrogens with zero attached hydrogens (tertiary/aromatic N) is 2. The van der Waals surface area contributed by atoms with Crippen molar-refractivity contribution in [3.8, 4) is 0 Å². The van der Waals surface area contributed by atoms with Gasteiger partial charge < -0.3 is 14.9 Å². The van der Waals surface area contributed by atoms with Gasteiger partial charge in [0.05, 0.1) is 0 Å². The third-order valence-electron chi connectivity index (χ3n) is 4.57. The van der Waals surface area contributed by atoms with Gasteiger partial charge in [0.2, 0.25) is 11.8 Å². The minimum atomic E-state index is -0.995. The predicted molar refractivity (Wildman–Crippen MR) is 87.9 cm³/mol. The van der Waals surface area contributed by atoms with Crippen LogP contribution in [-0.2, 0) is 14.4 Å². The van der Waals surface area contributed by atoms with Crippen LogP contribution in [-0.4, -0.2) is 58.4 Å². The highest BCUT2D eigenvalue weighted by atomic mass is 16.4. The highest BCUT2D eigenvalue weighted by molar-refractivity contribution is 5.80. The van der Waals surface area contributed by atoms with E-state index in [9.17, 15) is 14.4 Å². The summed E-state index contributed by atoms with van der Waals surface area (Å²) in [6.07, 6.45) is 5.26. The molecule has 0 radical (unpaired) electrons. The molecule has 2 atom stereocenters. The number of carbonyl (C=O) groups is 3. The van der Waals surface area contributed by atoms with Crippen LogP contribution in [0.1, 0.15) is 59.3 Å². The molecule has 0 aromatic rings. The summed E-state index contributed by atoms with van der Waals surface area (Å²) in [4.78, 5) is 38.5. The number of amides is 2. The second kappa shape index (κ2) is 9.53. The molecule has 1 aliphatic heterocycles. The Hall–Kier alpha value is -1.59. The molecule has 1 heterocycles. The Morgan fingerprint density at radius 1 is 1.26 bits per heavy atom. The van der Waals surface area contributed by atoms with E-state index in [1.807, 2.05) is 11.8 Å². The van der Waals surface area contributed by atoms with Crippen LogP contribution in [0, 0.1) is 5.92 Å². The maximum absolute atomic E-state index is 12.5. The summed E-state index contributed by atoms with van der Waals surface area (Å²) in [6.45, 7) is 6.54. The molecule has 6 heteroatoms.